The van der Waals surface area contributed by atoms with Crippen molar-refractivity contribution in [2.75, 3.05) is 6.61 Å². The van der Waals surface area contributed by atoms with Crippen molar-refractivity contribution in [3.05, 3.63) is 46.7 Å². The topological polar surface area (TPSA) is 65.1 Å². The Hall–Kier alpha value is -1.56. The molecule has 0 aliphatic rings. The third-order valence-corrected chi connectivity index (χ3v) is 3.42. The highest BCUT2D eigenvalue weighted by atomic mass is 35.5. The van der Waals surface area contributed by atoms with Crippen LogP contribution in [-0.4, -0.2) is 16.4 Å². The van der Waals surface area contributed by atoms with Crippen molar-refractivity contribution in [2.24, 2.45) is 12.9 Å². The molecule has 0 aliphatic heterocycles. The van der Waals surface area contributed by atoms with Gasteiger partial charge in [0.25, 0.3) is 0 Å². The minimum atomic E-state index is -0.0974. The van der Waals surface area contributed by atoms with E-state index in [0.29, 0.717) is 18.1 Å². The zero-order valence-corrected chi connectivity index (χ0v) is 12.4. The number of hydrogen-bond acceptors (Lipinski definition) is 4. The number of halogens is 1. The first kappa shape index (κ1) is 14.8. The quantitative estimate of drug-likeness (QED) is 0.634. The summed E-state index contributed by atoms with van der Waals surface area (Å²) in [5, 5.41) is 4.71. The van der Waals surface area contributed by atoms with Crippen molar-refractivity contribution in [1.82, 2.24) is 15.2 Å². The SMILES string of the molecule is Cc1cccc(OCCC(NN)c2c(Cl)cnn2C)c1. The van der Waals surface area contributed by atoms with Gasteiger partial charge < -0.3 is 4.74 Å². The second-order valence-electron chi connectivity index (χ2n) is 4.67. The van der Waals surface area contributed by atoms with Gasteiger partial charge in [0.1, 0.15) is 5.75 Å². The fourth-order valence-electron chi connectivity index (χ4n) is 2.11. The van der Waals surface area contributed by atoms with Crippen LogP contribution in [0.1, 0.15) is 23.7 Å². The molecule has 1 heterocycles. The number of rotatable bonds is 6. The molecule has 0 bridgehead atoms. The van der Waals surface area contributed by atoms with E-state index < -0.39 is 0 Å². The fourth-order valence-corrected chi connectivity index (χ4v) is 2.41. The molecule has 108 valence electrons. The Kier molecular flexibility index (Phi) is 5.00. The second-order valence-corrected chi connectivity index (χ2v) is 5.08. The van der Waals surface area contributed by atoms with Gasteiger partial charge in [0, 0.05) is 13.5 Å². The Bertz CT molecular complexity index is 551. The molecular formula is C14H19ClN4O. The Labute approximate surface area is 123 Å². The highest BCUT2D eigenvalue weighted by Gasteiger charge is 2.17. The van der Waals surface area contributed by atoms with Gasteiger partial charge in [-0.1, -0.05) is 23.7 Å². The summed E-state index contributed by atoms with van der Waals surface area (Å²) in [4.78, 5) is 0. The van der Waals surface area contributed by atoms with Gasteiger partial charge in [0.2, 0.25) is 0 Å². The number of ether oxygens (including phenoxy) is 1. The number of hydrogen-bond donors (Lipinski definition) is 2. The highest BCUT2D eigenvalue weighted by Crippen LogP contribution is 2.24. The summed E-state index contributed by atoms with van der Waals surface area (Å²) in [6.07, 6.45) is 2.31. The molecule has 2 rings (SSSR count). The van der Waals surface area contributed by atoms with E-state index >= 15 is 0 Å². The van der Waals surface area contributed by atoms with Crippen LogP contribution < -0.4 is 16.0 Å². The minimum absolute atomic E-state index is 0.0974. The fraction of sp³-hybridized carbons (Fsp3) is 0.357. The summed E-state index contributed by atoms with van der Waals surface area (Å²) in [5.74, 6) is 6.46. The molecule has 5 nitrogen and oxygen atoms in total. The summed E-state index contributed by atoms with van der Waals surface area (Å²) in [7, 11) is 1.84. The molecule has 0 saturated heterocycles. The Balaban J connectivity index is 1.95. The number of nitrogens with one attached hydrogen (secondary N) is 1. The van der Waals surface area contributed by atoms with Crippen LogP contribution in [0.15, 0.2) is 30.5 Å². The van der Waals surface area contributed by atoms with Gasteiger partial charge in [-0.2, -0.15) is 5.10 Å². The lowest BCUT2D eigenvalue weighted by atomic mass is 10.1. The van der Waals surface area contributed by atoms with Crippen molar-refractivity contribution in [1.29, 1.82) is 0 Å². The van der Waals surface area contributed by atoms with E-state index in [2.05, 4.69) is 10.5 Å². The molecule has 1 aromatic heterocycles. The monoisotopic (exact) mass is 294 g/mol. The lowest BCUT2D eigenvalue weighted by Gasteiger charge is -2.17. The van der Waals surface area contributed by atoms with Crippen molar-refractivity contribution < 1.29 is 4.74 Å². The van der Waals surface area contributed by atoms with E-state index in [1.807, 2.05) is 38.2 Å². The molecule has 1 unspecified atom stereocenters. The summed E-state index contributed by atoms with van der Waals surface area (Å²) in [6.45, 7) is 2.58. The van der Waals surface area contributed by atoms with E-state index in [4.69, 9.17) is 22.2 Å². The van der Waals surface area contributed by atoms with Gasteiger partial charge in [-0.05, 0) is 24.6 Å². The first-order chi connectivity index (χ1) is 9.61. The van der Waals surface area contributed by atoms with Gasteiger partial charge in [-0.25, -0.2) is 0 Å². The van der Waals surface area contributed by atoms with E-state index in [0.717, 1.165) is 11.4 Å². The third-order valence-electron chi connectivity index (χ3n) is 3.13. The van der Waals surface area contributed by atoms with Gasteiger partial charge >= 0.3 is 0 Å². The van der Waals surface area contributed by atoms with Crippen LogP contribution in [0.2, 0.25) is 5.02 Å². The summed E-state index contributed by atoms with van der Waals surface area (Å²) in [5.41, 5.74) is 4.79. The molecule has 0 radical (unpaired) electrons. The van der Waals surface area contributed by atoms with E-state index in [1.165, 1.54) is 5.56 Å². The average Bonchev–Trinajstić information content (AvgIpc) is 2.75. The van der Waals surface area contributed by atoms with Crippen LogP contribution in [0, 0.1) is 6.92 Å². The number of aromatic nitrogens is 2. The maximum Gasteiger partial charge on any atom is 0.119 e. The molecule has 2 aromatic rings. The lowest BCUT2D eigenvalue weighted by Crippen LogP contribution is -2.31. The Morgan fingerprint density at radius 1 is 1.50 bits per heavy atom. The molecule has 1 aromatic carbocycles. The first-order valence-electron chi connectivity index (χ1n) is 6.45. The van der Waals surface area contributed by atoms with Crippen LogP contribution in [-0.2, 0) is 7.05 Å². The van der Waals surface area contributed by atoms with Crippen molar-refractivity contribution in [3.63, 3.8) is 0 Å². The van der Waals surface area contributed by atoms with Crippen LogP contribution in [0.5, 0.6) is 5.75 Å². The van der Waals surface area contributed by atoms with Crippen LogP contribution in [0.4, 0.5) is 0 Å². The maximum atomic E-state index is 6.12. The van der Waals surface area contributed by atoms with Crippen LogP contribution in [0.3, 0.4) is 0 Å². The third kappa shape index (κ3) is 3.50. The van der Waals surface area contributed by atoms with Crippen molar-refractivity contribution >= 4 is 11.6 Å². The van der Waals surface area contributed by atoms with Gasteiger partial charge in [0.05, 0.1) is 29.6 Å². The Morgan fingerprint density at radius 3 is 2.90 bits per heavy atom. The number of hydrazine groups is 1. The normalized spacial score (nSPS) is 12.4. The van der Waals surface area contributed by atoms with Gasteiger partial charge in [-0.3, -0.25) is 16.0 Å². The van der Waals surface area contributed by atoms with Crippen LogP contribution >= 0.6 is 11.6 Å². The largest absolute Gasteiger partial charge is 0.494 e. The highest BCUT2D eigenvalue weighted by molar-refractivity contribution is 6.31. The number of nitrogens with two attached hydrogens (primary N) is 1. The Morgan fingerprint density at radius 2 is 2.30 bits per heavy atom. The molecule has 20 heavy (non-hydrogen) atoms. The predicted molar refractivity (Wildman–Crippen MR) is 79.6 cm³/mol. The molecule has 0 fully saturated rings. The van der Waals surface area contributed by atoms with Crippen molar-refractivity contribution in [2.45, 2.75) is 19.4 Å². The maximum absolute atomic E-state index is 6.12. The zero-order chi connectivity index (χ0) is 14.5. The molecule has 0 spiro atoms. The summed E-state index contributed by atoms with van der Waals surface area (Å²) >= 11 is 6.12. The molecule has 0 amide bonds. The molecule has 3 N–H and O–H groups in total. The summed E-state index contributed by atoms with van der Waals surface area (Å²) < 4.78 is 7.45. The van der Waals surface area contributed by atoms with E-state index in [-0.39, 0.29) is 6.04 Å². The minimum Gasteiger partial charge on any atom is -0.494 e. The molecule has 0 saturated carbocycles. The number of benzene rings is 1. The molecule has 6 heteroatoms. The molecular weight excluding hydrogens is 276 g/mol. The predicted octanol–water partition coefficient (Wildman–Crippen LogP) is 2.36. The standard InChI is InChI=1S/C14H19ClN4O/c1-10-4-3-5-11(8-10)20-7-6-13(18-16)14-12(15)9-17-19(14)2/h3-5,8-9,13,18H,6-7,16H2,1-2H3. The van der Waals surface area contributed by atoms with E-state index in [1.54, 1.807) is 10.9 Å². The van der Waals surface area contributed by atoms with Gasteiger partial charge in [-0.15, -0.1) is 0 Å². The number of aryl methyl sites for hydroxylation is 2. The summed E-state index contributed by atoms with van der Waals surface area (Å²) in [6, 6.07) is 7.85. The second kappa shape index (κ2) is 6.74. The lowest BCUT2D eigenvalue weighted by molar-refractivity contribution is 0.283. The van der Waals surface area contributed by atoms with Gasteiger partial charge in [0.15, 0.2) is 0 Å². The average molecular weight is 295 g/mol. The van der Waals surface area contributed by atoms with E-state index in [9.17, 15) is 0 Å². The van der Waals surface area contributed by atoms with Crippen LogP contribution in [0.25, 0.3) is 0 Å². The number of nitrogens with zero attached hydrogens (tertiary/aromatic N) is 2. The zero-order valence-electron chi connectivity index (χ0n) is 11.6. The smallest absolute Gasteiger partial charge is 0.119 e. The molecule has 1 atom stereocenters. The first-order valence-corrected chi connectivity index (χ1v) is 6.82. The molecule has 0 aliphatic carbocycles. The van der Waals surface area contributed by atoms with Crippen molar-refractivity contribution in [3.8, 4) is 5.75 Å².